The van der Waals surface area contributed by atoms with E-state index >= 15 is 0 Å². The third kappa shape index (κ3) is 26.2. The Morgan fingerprint density at radius 2 is 1.08 bits per heavy atom. The van der Waals surface area contributed by atoms with Crippen LogP contribution >= 0.6 is 7.82 Å². The van der Waals surface area contributed by atoms with Gasteiger partial charge in [0.25, 0.3) is 26.1 Å². The summed E-state index contributed by atoms with van der Waals surface area (Å²) in [5, 5.41) is 20.1. The largest absolute Gasteiger partial charge is 0.478 e. The highest BCUT2D eigenvalue weighted by Gasteiger charge is 2.33. The molecular weight excluding hydrogens is 1170 g/mol. The maximum Gasteiger partial charge on any atom is 0.472 e. The van der Waals surface area contributed by atoms with Crippen molar-refractivity contribution in [3.63, 3.8) is 0 Å². The van der Waals surface area contributed by atoms with E-state index in [1.54, 1.807) is 0 Å². The standard InChI is InChI=1S/C62H94N3O18PS2/c1-3-5-7-9-11-13-15-17-19-21-23-25-27-29-31-33-54(66)79-44-47(82-55(67)34-32-30-28-26-24-22-20-18-16-14-12-10-8-6-4-2)45-81-84(71,72)80-42-41-65-61(68)46-35-36-48(51(43-46)62(69)70)56-49-37-39-52(63)59(85(73,74)75)57(49)83-58-50(56)38-40-53(64)60(58)86(76,77)78/h35-40,43,47,63H,3-34,41-42,44-45,64H2,1-2H3,(H,65,68)(H,69,70)(H,71,72)(H,73,74,75)(H,76,77,78)/t47-/m0/s1. The minimum atomic E-state index is -5.27. The molecule has 1 aliphatic carbocycles. The van der Waals surface area contributed by atoms with E-state index in [1.807, 2.05) is 0 Å². The van der Waals surface area contributed by atoms with Gasteiger partial charge in [0.1, 0.15) is 6.61 Å². The number of aromatic carboxylic acids is 1. The first-order chi connectivity index (χ1) is 41.1. The zero-order chi connectivity index (χ0) is 63.0. The van der Waals surface area contributed by atoms with Crippen molar-refractivity contribution >= 4 is 68.5 Å². The van der Waals surface area contributed by atoms with Crippen molar-refractivity contribution in [2.75, 3.05) is 32.1 Å². The van der Waals surface area contributed by atoms with E-state index in [1.165, 1.54) is 134 Å². The molecule has 2 atom stereocenters. The van der Waals surface area contributed by atoms with E-state index in [0.29, 0.717) is 12.8 Å². The van der Waals surface area contributed by atoms with Crippen LogP contribution in [0.1, 0.15) is 240 Å². The van der Waals surface area contributed by atoms with Crippen molar-refractivity contribution in [2.45, 2.75) is 235 Å². The maximum absolute atomic E-state index is 13.4. The summed E-state index contributed by atoms with van der Waals surface area (Å²) in [6.07, 6.45) is 34.0. The molecule has 0 radical (unpaired) electrons. The smallest absolute Gasteiger partial charge is 0.472 e. The molecule has 2 aromatic carbocycles. The lowest BCUT2D eigenvalue weighted by Gasteiger charge is -2.20. The molecule has 4 rings (SSSR count). The SMILES string of the molecule is CCCCCCCCCCCCCCCCCC(=O)OC[C@@H](COP(=O)(O)OCCNC(=O)c1ccc(-c2c3ccc(=N)c(S(=O)(=O)O)c-3oc3c(S(=O)(=O)O)c(N)ccc23)c(C(=O)O)c1)OC(=O)CCCCCCCCCCCCCCCCC. The first-order valence-electron chi connectivity index (χ1n) is 31.0. The molecule has 482 valence electrons. The van der Waals surface area contributed by atoms with E-state index in [-0.39, 0.29) is 40.5 Å². The van der Waals surface area contributed by atoms with Crippen molar-refractivity contribution in [1.82, 2.24) is 5.32 Å². The first kappa shape index (κ1) is 73.2. The Balaban J connectivity index is 1.32. The maximum atomic E-state index is 13.4. The number of carbonyl (C=O) groups excluding carboxylic acids is 3. The van der Waals surface area contributed by atoms with Crippen LogP contribution in [-0.2, 0) is 52.9 Å². The number of benzene rings is 3. The van der Waals surface area contributed by atoms with Gasteiger partial charge in [0.2, 0.25) is 0 Å². The lowest BCUT2D eigenvalue weighted by atomic mass is 9.89. The van der Waals surface area contributed by atoms with Gasteiger partial charge in [-0.25, -0.2) is 9.36 Å². The van der Waals surface area contributed by atoms with Crippen LogP contribution in [0.5, 0.6) is 0 Å². The van der Waals surface area contributed by atoms with Gasteiger partial charge in [-0.3, -0.25) is 37.9 Å². The van der Waals surface area contributed by atoms with Crippen LogP contribution in [0.2, 0.25) is 0 Å². The Kier molecular flexibility index (Phi) is 33.1. The van der Waals surface area contributed by atoms with Gasteiger partial charge in [-0.1, -0.05) is 200 Å². The third-order valence-corrected chi connectivity index (χ3v) is 17.9. The first-order valence-corrected chi connectivity index (χ1v) is 35.4. The summed E-state index contributed by atoms with van der Waals surface area (Å²) in [5.41, 5.74) is 3.06. The fourth-order valence-electron chi connectivity index (χ4n) is 10.4. The van der Waals surface area contributed by atoms with Crippen LogP contribution in [-0.4, -0.2) is 92.2 Å². The highest BCUT2D eigenvalue weighted by atomic mass is 32.2. The number of rotatable bonds is 47. The summed E-state index contributed by atoms with van der Waals surface area (Å²) in [5.74, 6) is -4.40. The van der Waals surface area contributed by atoms with Gasteiger partial charge in [-0.05, 0) is 54.8 Å². The number of nitrogens with one attached hydrogen (secondary N) is 2. The summed E-state index contributed by atoms with van der Waals surface area (Å²) >= 11 is 0. The summed E-state index contributed by atoms with van der Waals surface area (Å²) in [6, 6.07) is 7.65. The second kappa shape index (κ2) is 38.9. The molecule has 21 nitrogen and oxygen atoms in total. The number of carboxylic acids is 1. The number of carbonyl (C=O) groups is 4. The number of phosphoric acid groups is 1. The molecule has 0 saturated heterocycles. The molecule has 0 bridgehead atoms. The number of esters is 2. The minimum absolute atomic E-state index is 0.0839. The van der Waals surface area contributed by atoms with Crippen molar-refractivity contribution in [3.8, 4) is 22.5 Å². The molecule has 2 aromatic rings. The number of ether oxygens (including phenoxy) is 2. The van der Waals surface area contributed by atoms with Crippen LogP contribution in [0.25, 0.3) is 33.4 Å². The molecule has 1 amide bonds. The van der Waals surface area contributed by atoms with E-state index in [2.05, 4.69) is 19.2 Å². The number of hydrogen-bond donors (Lipinski definition) is 7. The molecule has 0 spiro atoms. The molecule has 1 unspecified atom stereocenters. The average Bonchev–Trinajstić information content (AvgIpc) is 0.746. The predicted octanol–water partition coefficient (Wildman–Crippen LogP) is 14.3. The average molecular weight is 1260 g/mol. The van der Waals surface area contributed by atoms with E-state index < -0.39 is 122 Å². The number of carboxylic acid groups (broad SMARTS) is 1. The molecule has 0 fully saturated rings. The number of fused-ring (bicyclic) bond motifs is 2. The number of anilines is 1. The zero-order valence-corrected chi connectivity index (χ0v) is 52.9. The van der Waals surface area contributed by atoms with Crippen LogP contribution in [0, 0.1) is 5.41 Å². The van der Waals surface area contributed by atoms with Gasteiger partial charge in [-0.2, -0.15) is 16.8 Å². The van der Waals surface area contributed by atoms with Crippen molar-refractivity contribution in [3.05, 3.63) is 58.9 Å². The van der Waals surface area contributed by atoms with Gasteiger partial charge < -0.3 is 34.9 Å². The molecule has 1 aliphatic heterocycles. The zero-order valence-electron chi connectivity index (χ0n) is 50.4. The number of nitrogens with two attached hydrogens (primary N) is 1. The molecule has 24 heteroatoms. The lowest BCUT2D eigenvalue weighted by Crippen LogP contribution is -2.30. The van der Waals surface area contributed by atoms with Crippen molar-refractivity contribution in [1.29, 1.82) is 5.41 Å². The van der Waals surface area contributed by atoms with Crippen molar-refractivity contribution < 1.29 is 82.6 Å². The predicted molar refractivity (Wildman–Crippen MR) is 329 cm³/mol. The topological polar surface area (TPSA) is 347 Å². The van der Waals surface area contributed by atoms with Crippen LogP contribution in [0.15, 0.2) is 56.7 Å². The summed E-state index contributed by atoms with van der Waals surface area (Å²) in [4.78, 5) is 60.6. The fraction of sp³-hybridized carbons (Fsp3) is 0.629. The Bertz CT molecular complexity index is 3080. The number of hydrogen-bond acceptors (Lipinski definition) is 16. The highest BCUT2D eigenvalue weighted by molar-refractivity contribution is 7.86. The van der Waals surface area contributed by atoms with Crippen LogP contribution < -0.4 is 16.4 Å². The molecule has 0 saturated carbocycles. The van der Waals surface area contributed by atoms with Gasteiger partial charge in [0, 0.05) is 41.5 Å². The number of nitrogen functional groups attached to an aromatic ring is 1. The summed E-state index contributed by atoms with van der Waals surface area (Å²) < 4.78 is 111. The van der Waals surface area contributed by atoms with Gasteiger partial charge in [-0.15, -0.1) is 0 Å². The fourth-order valence-corrected chi connectivity index (χ4v) is 12.7. The monoisotopic (exact) mass is 1260 g/mol. The lowest BCUT2D eigenvalue weighted by molar-refractivity contribution is -0.161. The normalized spacial score (nSPS) is 13.0. The number of unbranched alkanes of at least 4 members (excludes halogenated alkanes) is 28. The third-order valence-electron chi connectivity index (χ3n) is 15.1. The number of phosphoric ester groups is 1. The van der Waals surface area contributed by atoms with E-state index in [4.69, 9.17) is 34.1 Å². The molecular formula is C62H94N3O18PS2. The van der Waals surface area contributed by atoms with Gasteiger partial charge in [0.05, 0.1) is 29.8 Å². The Hall–Kier alpha value is -5.26. The quantitative estimate of drug-likeness (QED) is 0.00539. The molecule has 1 heterocycles. The Morgan fingerprint density at radius 1 is 0.616 bits per heavy atom. The minimum Gasteiger partial charge on any atom is -0.478 e. The van der Waals surface area contributed by atoms with Gasteiger partial charge in [0.15, 0.2) is 27.2 Å². The van der Waals surface area contributed by atoms with Gasteiger partial charge >= 0.3 is 25.7 Å². The molecule has 2 aliphatic rings. The molecule has 8 N–H and O–H groups in total. The second-order valence-electron chi connectivity index (χ2n) is 22.2. The van der Waals surface area contributed by atoms with Crippen LogP contribution in [0.4, 0.5) is 5.69 Å². The van der Waals surface area contributed by atoms with E-state index in [0.717, 1.165) is 87.8 Å². The number of amides is 1. The Labute approximate surface area is 508 Å². The van der Waals surface area contributed by atoms with E-state index in [9.17, 15) is 59.7 Å². The highest BCUT2D eigenvalue weighted by Crippen LogP contribution is 2.46. The van der Waals surface area contributed by atoms with Crippen LogP contribution in [0.3, 0.4) is 0 Å². The Morgan fingerprint density at radius 3 is 1.56 bits per heavy atom. The second-order valence-corrected chi connectivity index (χ2v) is 26.4. The van der Waals surface area contributed by atoms with Crippen molar-refractivity contribution in [2.24, 2.45) is 0 Å². The molecule has 86 heavy (non-hydrogen) atoms. The summed E-state index contributed by atoms with van der Waals surface area (Å²) in [7, 11) is -15.4. The summed E-state index contributed by atoms with van der Waals surface area (Å²) in [6.45, 7) is 2.32. The molecule has 0 aromatic heterocycles.